The predicted octanol–water partition coefficient (Wildman–Crippen LogP) is 0.628. The minimum atomic E-state index is -0.639. The molecule has 0 aliphatic carbocycles. The molecule has 0 unspecified atom stereocenters. The van der Waals surface area contributed by atoms with Crippen LogP contribution < -0.4 is 5.73 Å². The van der Waals surface area contributed by atoms with Gasteiger partial charge >= 0.3 is 0 Å². The lowest BCUT2D eigenvalue weighted by Crippen LogP contribution is -2.47. The predicted molar refractivity (Wildman–Crippen MR) is 68.2 cm³/mol. The molecular weight excluding hydrogens is 232 g/mol. The van der Waals surface area contributed by atoms with Gasteiger partial charge in [0.25, 0.3) is 5.91 Å². The second-order valence-corrected chi connectivity index (χ2v) is 4.78. The van der Waals surface area contributed by atoms with Crippen LogP contribution >= 0.6 is 0 Å². The van der Waals surface area contributed by atoms with Crippen molar-refractivity contribution in [2.24, 2.45) is 5.73 Å². The highest BCUT2D eigenvalue weighted by Crippen LogP contribution is 2.15. The zero-order valence-electron chi connectivity index (χ0n) is 10.8. The molecule has 0 heterocycles. The zero-order valence-corrected chi connectivity index (χ0v) is 10.8. The van der Waals surface area contributed by atoms with Crippen molar-refractivity contribution in [3.63, 3.8) is 0 Å². The highest BCUT2D eigenvalue weighted by atomic mass is 16.3. The summed E-state index contributed by atoms with van der Waals surface area (Å²) in [5.41, 5.74) is 5.29. The van der Waals surface area contributed by atoms with Crippen molar-refractivity contribution in [2.75, 3.05) is 13.7 Å². The third-order valence-electron chi connectivity index (χ3n) is 3.02. The summed E-state index contributed by atoms with van der Waals surface area (Å²) in [7, 11) is 1.63. The minimum Gasteiger partial charge on any atom is -0.394 e. The van der Waals surface area contributed by atoms with Crippen LogP contribution in [0, 0.1) is 0 Å². The molecule has 2 amide bonds. The second-order valence-electron chi connectivity index (χ2n) is 4.78. The van der Waals surface area contributed by atoms with Crippen molar-refractivity contribution in [3.05, 3.63) is 35.4 Å². The highest BCUT2D eigenvalue weighted by molar-refractivity contribution is 5.97. The van der Waals surface area contributed by atoms with Crippen molar-refractivity contribution in [2.45, 2.75) is 19.4 Å². The number of hydrogen-bond donors (Lipinski definition) is 2. The second kappa shape index (κ2) is 5.18. The number of hydrogen-bond acceptors (Lipinski definition) is 3. The molecular formula is C13H18N2O3. The molecule has 0 radical (unpaired) electrons. The molecule has 1 rings (SSSR count). The molecule has 0 saturated carbocycles. The summed E-state index contributed by atoms with van der Waals surface area (Å²) >= 11 is 0. The van der Waals surface area contributed by atoms with E-state index in [-0.39, 0.29) is 12.5 Å². The van der Waals surface area contributed by atoms with Crippen LogP contribution in [0.2, 0.25) is 0 Å². The molecule has 0 fully saturated rings. The van der Waals surface area contributed by atoms with E-state index in [4.69, 9.17) is 5.73 Å². The fourth-order valence-corrected chi connectivity index (χ4v) is 1.35. The first-order chi connectivity index (χ1) is 8.29. The van der Waals surface area contributed by atoms with Gasteiger partial charge in [0.15, 0.2) is 0 Å². The number of nitrogens with two attached hydrogens (primary N) is 1. The van der Waals surface area contributed by atoms with E-state index in [0.29, 0.717) is 11.1 Å². The Balaban J connectivity index is 2.94. The van der Waals surface area contributed by atoms with E-state index >= 15 is 0 Å². The monoisotopic (exact) mass is 250 g/mol. The molecule has 0 atom stereocenters. The van der Waals surface area contributed by atoms with Gasteiger partial charge in [-0.15, -0.1) is 0 Å². The van der Waals surface area contributed by atoms with Crippen LogP contribution in [-0.2, 0) is 0 Å². The van der Waals surface area contributed by atoms with Gasteiger partial charge in [-0.3, -0.25) is 9.59 Å². The summed E-state index contributed by atoms with van der Waals surface area (Å²) in [5, 5.41) is 9.22. The molecule has 0 bridgehead atoms. The molecule has 0 aliphatic rings. The molecule has 0 spiro atoms. The number of aliphatic hydroxyl groups excluding tert-OH is 1. The van der Waals surface area contributed by atoms with Crippen LogP contribution in [0.5, 0.6) is 0 Å². The average molecular weight is 250 g/mol. The first kappa shape index (κ1) is 14.2. The van der Waals surface area contributed by atoms with E-state index in [1.165, 1.54) is 17.0 Å². The van der Waals surface area contributed by atoms with Crippen molar-refractivity contribution >= 4 is 11.8 Å². The number of likely N-dealkylation sites (N-methyl/N-ethyl adjacent to an activating group) is 1. The van der Waals surface area contributed by atoms with E-state index in [1.807, 2.05) is 0 Å². The summed E-state index contributed by atoms with van der Waals surface area (Å²) in [6.07, 6.45) is 0. The third kappa shape index (κ3) is 2.87. The number of carbonyl (C=O) groups excluding carboxylic acids is 2. The van der Waals surface area contributed by atoms with Gasteiger partial charge in [-0.1, -0.05) is 0 Å². The fourth-order valence-electron chi connectivity index (χ4n) is 1.35. The SMILES string of the molecule is CN(C(=O)c1ccc(C(N)=O)cc1)C(C)(C)CO. The van der Waals surface area contributed by atoms with Crippen molar-refractivity contribution in [1.29, 1.82) is 0 Å². The Morgan fingerprint density at radius 2 is 1.67 bits per heavy atom. The zero-order chi connectivity index (χ0) is 13.9. The highest BCUT2D eigenvalue weighted by Gasteiger charge is 2.27. The maximum Gasteiger partial charge on any atom is 0.254 e. The van der Waals surface area contributed by atoms with E-state index in [2.05, 4.69) is 0 Å². The van der Waals surface area contributed by atoms with Crippen molar-refractivity contribution < 1.29 is 14.7 Å². The first-order valence-electron chi connectivity index (χ1n) is 5.58. The number of carbonyl (C=O) groups is 2. The van der Waals surface area contributed by atoms with Crippen LogP contribution in [0.4, 0.5) is 0 Å². The molecule has 0 saturated heterocycles. The van der Waals surface area contributed by atoms with Gasteiger partial charge < -0.3 is 15.7 Å². The van der Waals surface area contributed by atoms with Gasteiger partial charge in [0.05, 0.1) is 12.1 Å². The Kier molecular flexibility index (Phi) is 4.08. The maximum absolute atomic E-state index is 12.1. The molecule has 5 nitrogen and oxygen atoms in total. The summed E-state index contributed by atoms with van der Waals surface area (Å²) < 4.78 is 0. The topological polar surface area (TPSA) is 83.6 Å². The van der Waals surface area contributed by atoms with Crippen molar-refractivity contribution in [3.8, 4) is 0 Å². The summed E-state index contributed by atoms with van der Waals surface area (Å²) in [5.74, 6) is -0.747. The Bertz CT molecular complexity index is 452. The number of amides is 2. The summed E-state index contributed by atoms with van der Waals surface area (Å²) in [6, 6.07) is 6.11. The molecule has 98 valence electrons. The molecule has 3 N–H and O–H groups in total. The number of aliphatic hydroxyl groups is 1. The standard InChI is InChI=1S/C13H18N2O3/c1-13(2,8-16)15(3)12(18)10-6-4-9(5-7-10)11(14)17/h4-7,16H,8H2,1-3H3,(H2,14,17). The minimum absolute atomic E-state index is 0.130. The number of primary amides is 1. The number of nitrogens with zero attached hydrogens (tertiary/aromatic N) is 1. The Hall–Kier alpha value is -1.88. The largest absolute Gasteiger partial charge is 0.394 e. The lowest BCUT2D eigenvalue weighted by molar-refractivity contribution is 0.0473. The quantitative estimate of drug-likeness (QED) is 0.822. The molecule has 0 aliphatic heterocycles. The fraction of sp³-hybridized carbons (Fsp3) is 0.385. The Morgan fingerprint density at radius 3 is 2.06 bits per heavy atom. The van der Waals surface area contributed by atoms with Gasteiger partial charge in [0.2, 0.25) is 5.91 Å². The summed E-state index contributed by atoms with van der Waals surface area (Å²) in [6.45, 7) is 3.40. The summed E-state index contributed by atoms with van der Waals surface area (Å²) in [4.78, 5) is 24.5. The lowest BCUT2D eigenvalue weighted by atomic mass is 10.0. The van der Waals surface area contributed by atoms with E-state index in [9.17, 15) is 14.7 Å². The molecule has 1 aromatic carbocycles. The number of benzene rings is 1. The first-order valence-corrected chi connectivity index (χ1v) is 5.58. The van der Waals surface area contributed by atoms with Crippen LogP contribution in [0.25, 0.3) is 0 Å². The molecule has 5 heteroatoms. The maximum atomic E-state index is 12.1. The Morgan fingerprint density at radius 1 is 1.22 bits per heavy atom. The lowest BCUT2D eigenvalue weighted by Gasteiger charge is -2.34. The van der Waals surface area contributed by atoms with Crippen LogP contribution in [0.15, 0.2) is 24.3 Å². The van der Waals surface area contributed by atoms with Crippen LogP contribution in [0.1, 0.15) is 34.6 Å². The van der Waals surface area contributed by atoms with Gasteiger partial charge in [-0.05, 0) is 38.1 Å². The number of rotatable bonds is 4. The van der Waals surface area contributed by atoms with Gasteiger partial charge in [0, 0.05) is 18.2 Å². The molecule has 0 aromatic heterocycles. The Labute approximate surface area is 106 Å². The molecule has 18 heavy (non-hydrogen) atoms. The van der Waals surface area contributed by atoms with Crippen LogP contribution in [-0.4, -0.2) is 41.0 Å². The van der Waals surface area contributed by atoms with E-state index in [0.717, 1.165) is 0 Å². The van der Waals surface area contributed by atoms with Gasteiger partial charge in [-0.25, -0.2) is 0 Å². The third-order valence-corrected chi connectivity index (χ3v) is 3.02. The normalized spacial score (nSPS) is 11.1. The molecule has 1 aromatic rings. The van der Waals surface area contributed by atoms with Gasteiger partial charge in [0.1, 0.15) is 0 Å². The smallest absolute Gasteiger partial charge is 0.254 e. The van der Waals surface area contributed by atoms with E-state index in [1.54, 1.807) is 33.0 Å². The average Bonchev–Trinajstić information content (AvgIpc) is 2.37. The van der Waals surface area contributed by atoms with E-state index < -0.39 is 11.4 Å². The van der Waals surface area contributed by atoms with Crippen molar-refractivity contribution in [1.82, 2.24) is 4.90 Å². The van der Waals surface area contributed by atoms with Gasteiger partial charge in [-0.2, -0.15) is 0 Å². The van der Waals surface area contributed by atoms with Crippen LogP contribution in [0.3, 0.4) is 0 Å².